The number of hydrogen-bond donors (Lipinski definition) is 3. The maximum absolute atomic E-state index is 10.9. The highest BCUT2D eigenvalue weighted by molar-refractivity contribution is 5.75. The zero-order chi connectivity index (χ0) is 10.3. The molecular weight excluding hydrogens is 186 g/mol. The Kier molecular flexibility index (Phi) is 1.94. The van der Waals surface area contributed by atoms with Crippen molar-refractivity contribution in [2.45, 2.75) is 12.5 Å². The van der Waals surface area contributed by atoms with Crippen molar-refractivity contribution in [3.63, 3.8) is 0 Å². The second-order valence-electron chi connectivity index (χ2n) is 3.79. The summed E-state index contributed by atoms with van der Waals surface area (Å²) in [4.78, 5) is 21.4. The van der Waals surface area contributed by atoms with E-state index in [-0.39, 0.29) is 11.8 Å². The fourth-order valence-electron chi connectivity index (χ4n) is 2.50. The first kappa shape index (κ1) is 9.05. The summed E-state index contributed by atoms with van der Waals surface area (Å²) in [6, 6.07) is -0.458. The number of carboxylic acid groups (broad SMARTS) is 2. The first-order chi connectivity index (χ1) is 6.59. The molecular formula is C9H11NO4. The summed E-state index contributed by atoms with van der Waals surface area (Å²) >= 11 is 0. The van der Waals surface area contributed by atoms with Crippen molar-refractivity contribution in [3.05, 3.63) is 12.2 Å². The lowest BCUT2D eigenvalue weighted by molar-refractivity contribution is -0.143. The second kappa shape index (κ2) is 3.01. The molecule has 2 aliphatic carbocycles. The number of carboxylic acids is 1. The molecule has 0 spiro atoms. The van der Waals surface area contributed by atoms with Crippen LogP contribution in [-0.4, -0.2) is 28.3 Å². The average Bonchev–Trinajstić information content (AvgIpc) is 2.61. The first-order valence-electron chi connectivity index (χ1n) is 4.50. The number of allylic oxidation sites excluding steroid dienone is 1. The minimum absolute atomic E-state index is 0.00523. The molecule has 0 aromatic rings. The Morgan fingerprint density at radius 1 is 1.21 bits per heavy atom. The van der Waals surface area contributed by atoms with Gasteiger partial charge in [0.05, 0.1) is 12.0 Å². The molecule has 0 radical (unpaired) electrons. The van der Waals surface area contributed by atoms with Gasteiger partial charge in [-0.15, -0.1) is 0 Å². The van der Waals surface area contributed by atoms with Gasteiger partial charge in [-0.2, -0.15) is 0 Å². The van der Waals surface area contributed by atoms with Crippen molar-refractivity contribution in [1.29, 1.82) is 0 Å². The van der Waals surface area contributed by atoms with Crippen LogP contribution in [0.25, 0.3) is 0 Å². The van der Waals surface area contributed by atoms with Gasteiger partial charge < -0.3 is 15.5 Å². The van der Waals surface area contributed by atoms with Crippen LogP contribution in [0.4, 0.5) is 4.79 Å². The fourth-order valence-corrected chi connectivity index (χ4v) is 2.50. The highest BCUT2D eigenvalue weighted by Gasteiger charge is 2.48. The largest absolute Gasteiger partial charge is 0.481 e. The van der Waals surface area contributed by atoms with Crippen LogP contribution in [0, 0.1) is 17.8 Å². The third-order valence-corrected chi connectivity index (χ3v) is 3.03. The molecule has 0 aromatic heterocycles. The molecule has 2 rings (SSSR count). The maximum Gasteiger partial charge on any atom is 0.404 e. The highest BCUT2D eigenvalue weighted by atomic mass is 16.4. The molecule has 1 amide bonds. The second-order valence-corrected chi connectivity index (χ2v) is 3.79. The fraction of sp³-hybridized carbons (Fsp3) is 0.556. The van der Waals surface area contributed by atoms with Gasteiger partial charge >= 0.3 is 12.1 Å². The normalized spacial score (nSPS) is 38.6. The average molecular weight is 197 g/mol. The molecule has 0 aliphatic heterocycles. The van der Waals surface area contributed by atoms with Crippen LogP contribution in [0.15, 0.2) is 12.2 Å². The van der Waals surface area contributed by atoms with E-state index in [0.717, 1.165) is 6.42 Å². The van der Waals surface area contributed by atoms with E-state index in [2.05, 4.69) is 5.32 Å². The number of hydrogen-bond acceptors (Lipinski definition) is 2. The minimum atomic E-state index is -1.15. The van der Waals surface area contributed by atoms with Crippen LogP contribution < -0.4 is 5.32 Å². The van der Waals surface area contributed by atoms with Gasteiger partial charge in [-0.25, -0.2) is 4.79 Å². The maximum atomic E-state index is 10.9. The summed E-state index contributed by atoms with van der Waals surface area (Å²) in [5.41, 5.74) is 0. The summed E-state index contributed by atoms with van der Waals surface area (Å²) in [7, 11) is 0. The highest BCUT2D eigenvalue weighted by Crippen LogP contribution is 2.43. The van der Waals surface area contributed by atoms with E-state index in [4.69, 9.17) is 10.2 Å². The van der Waals surface area contributed by atoms with Crippen molar-refractivity contribution in [2.24, 2.45) is 17.8 Å². The van der Waals surface area contributed by atoms with Gasteiger partial charge in [0.2, 0.25) is 0 Å². The van der Waals surface area contributed by atoms with Gasteiger partial charge in [0.15, 0.2) is 0 Å². The van der Waals surface area contributed by atoms with Crippen molar-refractivity contribution in [3.8, 4) is 0 Å². The molecule has 1 fully saturated rings. The molecule has 14 heavy (non-hydrogen) atoms. The third kappa shape index (κ3) is 1.25. The van der Waals surface area contributed by atoms with Crippen molar-refractivity contribution in [2.75, 3.05) is 0 Å². The zero-order valence-corrected chi connectivity index (χ0v) is 7.38. The monoisotopic (exact) mass is 197 g/mol. The summed E-state index contributed by atoms with van der Waals surface area (Å²) in [5.74, 6) is -1.46. The Hall–Kier alpha value is -1.52. The Labute approximate surface area is 80.4 Å². The SMILES string of the molecule is O=C(O)N[C@H]1[C@@H](C(=O)O)[C@H]2C=C[C@@H]1C2. The molecule has 76 valence electrons. The van der Waals surface area contributed by atoms with E-state index in [9.17, 15) is 9.59 Å². The van der Waals surface area contributed by atoms with Crippen LogP contribution in [0.3, 0.4) is 0 Å². The lowest BCUT2D eigenvalue weighted by Gasteiger charge is -2.24. The molecule has 5 heteroatoms. The smallest absolute Gasteiger partial charge is 0.404 e. The van der Waals surface area contributed by atoms with Crippen molar-refractivity contribution >= 4 is 12.1 Å². The quantitative estimate of drug-likeness (QED) is 0.563. The summed E-state index contributed by atoms with van der Waals surface area (Å²) in [6.07, 6.45) is 3.39. The van der Waals surface area contributed by atoms with Crippen molar-refractivity contribution < 1.29 is 19.8 Å². The third-order valence-electron chi connectivity index (χ3n) is 3.03. The lowest BCUT2D eigenvalue weighted by Crippen LogP contribution is -2.45. The number of nitrogens with one attached hydrogen (secondary N) is 1. The van der Waals surface area contributed by atoms with Gasteiger partial charge in [0, 0.05) is 0 Å². The van der Waals surface area contributed by atoms with Crippen LogP contribution in [0.2, 0.25) is 0 Å². The topological polar surface area (TPSA) is 86.6 Å². The summed E-state index contributed by atoms with van der Waals surface area (Å²) in [6.45, 7) is 0. The molecule has 1 saturated carbocycles. The van der Waals surface area contributed by atoms with E-state index in [1.54, 1.807) is 0 Å². The number of rotatable bonds is 2. The van der Waals surface area contributed by atoms with Crippen LogP contribution in [-0.2, 0) is 4.79 Å². The minimum Gasteiger partial charge on any atom is -0.481 e. The Morgan fingerprint density at radius 3 is 2.43 bits per heavy atom. The predicted molar refractivity (Wildman–Crippen MR) is 46.8 cm³/mol. The predicted octanol–water partition coefficient (Wildman–Crippen LogP) is 0.529. The molecule has 0 aromatic carbocycles. The van der Waals surface area contributed by atoms with Crippen LogP contribution >= 0.6 is 0 Å². The van der Waals surface area contributed by atoms with Crippen LogP contribution in [0.5, 0.6) is 0 Å². The molecule has 0 saturated heterocycles. The lowest BCUT2D eigenvalue weighted by atomic mass is 9.89. The van der Waals surface area contributed by atoms with Gasteiger partial charge in [-0.3, -0.25) is 4.79 Å². The molecule has 0 heterocycles. The molecule has 2 bridgehead atoms. The zero-order valence-electron chi connectivity index (χ0n) is 7.38. The van der Waals surface area contributed by atoms with E-state index >= 15 is 0 Å². The molecule has 0 unspecified atom stereocenters. The summed E-state index contributed by atoms with van der Waals surface area (Å²) in [5, 5.41) is 19.8. The van der Waals surface area contributed by atoms with E-state index in [0.29, 0.717) is 0 Å². The number of amides is 1. The number of aliphatic carboxylic acids is 1. The molecule has 5 nitrogen and oxygen atoms in total. The van der Waals surface area contributed by atoms with E-state index in [1.165, 1.54) is 0 Å². The molecule has 4 atom stereocenters. The van der Waals surface area contributed by atoms with Gasteiger partial charge in [0.25, 0.3) is 0 Å². The Bertz CT molecular complexity index is 312. The first-order valence-corrected chi connectivity index (χ1v) is 4.50. The standard InChI is InChI=1S/C9H11NO4/c11-8(12)6-4-1-2-5(3-4)7(6)10-9(13)14/h1-2,4-7,10H,3H2,(H,11,12)(H,13,14)/t4-,5+,6-,7+/m0/s1. The van der Waals surface area contributed by atoms with Gasteiger partial charge in [-0.05, 0) is 18.3 Å². The number of carbonyl (C=O) groups is 2. The molecule has 3 N–H and O–H groups in total. The Balaban J connectivity index is 2.18. The molecule has 2 aliphatic rings. The van der Waals surface area contributed by atoms with Crippen molar-refractivity contribution in [1.82, 2.24) is 5.32 Å². The Morgan fingerprint density at radius 2 is 1.86 bits per heavy atom. The van der Waals surface area contributed by atoms with E-state index in [1.807, 2.05) is 12.2 Å². The van der Waals surface area contributed by atoms with Crippen LogP contribution in [0.1, 0.15) is 6.42 Å². The summed E-state index contributed by atoms with van der Waals surface area (Å²) < 4.78 is 0. The number of fused-ring (bicyclic) bond motifs is 2. The van der Waals surface area contributed by atoms with Gasteiger partial charge in [0.1, 0.15) is 0 Å². The van der Waals surface area contributed by atoms with E-state index < -0.39 is 24.0 Å². The van der Waals surface area contributed by atoms with Gasteiger partial charge in [-0.1, -0.05) is 12.2 Å².